The van der Waals surface area contributed by atoms with Gasteiger partial charge in [0.05, 0.1) is 31.2 Å². The van der Waals surface area contributed by atoms with E-state index in [0.29, 0.717) is 22.3 Å². The number of ketones is 1. The van der Waals surface area contributed by atoms with Crippen molar-refractivity contribution in [3.8, 4) is 5.75 Å². The lowest BCUT2D eigenvalue weighted by molar-refractivity contribution is -0.110. The quantitative estimate of drug-likeness (QED) is 0.371. The van der Waals surface area contributed by atoms with Crippen molar-refractivity contribution in [3.05, 3.63) is 89.4 Å². The van der Waals surface area contributed by atoms with E-state index in [9.17, 15) is 29.7 Å². The molecule has 0 spiro atoms. The van der Waals surface area contributed by atoms with Crippen molar-refractivity contribution in [1.82, 2.24) is 0 Å². The number of aryl methyl sites for hydroxylation is 1. The minimum absolute atomic E-state index is 0.0167. The fraction of sp³-hybridized carbons (Fsp3) is 0.160. The van der Waals surface area contributed by atoms with Gasteiger partial charge in [0.1, 0.15) is 5.75 Å². The highest BCUT2D eigenvalue weighted by atomic mass is 35.5. The number of hydrogen-bond donors (Lipinski definition) is 3. The molecule has 0 atom stereocenters. The van der Waals surface area contributed by atoms with Crippen LogP contribution in [0.1, 0.15) is 50.2 Å². The fourth-order valence-electron chi connectivity index (χ4n) is 4.09. The van der Waals surface area contributed by atoms with Crippen molar-refractivity contribution >= 4 is 69.7 Å². The molecule has 35 heavy (non-hydrogen) atoms. The van der Waals surface area contributed by atoms with Gasteiger partial charge in [0.15, 0.2) is 5.78 Å². The van der Waals surface area contributed by atoms with E-state index in [-0.39, 0.29) is 42.9 Å². The molecule has 0 heterocycles. The van der Waals surface area contributed by atoms with E-state index in [1.54, 1.807) is 6.92 Å². The lowest BCUT2D eigenvalue weighted by Crippen LogP contribution is -2.13. The number of aromatic hydroxyl groups is 1. The Morgan fingerprint density at radius 2 is 1.51 bits per heavy atom. The second-order valence-corrected chi connectivity index (χ2v) is 9.82. The van der Waals surface area contributed by atoms with Crippen molar-refractivity contribution in [2.45, 2.75) is 19.8 Å². The molecular formula is C25H16Cl4O6. The Labute approximate surface area is 219 Å². The minimum atomic E-state index is -1.44. The van der Waals surface area contributed by atoms with Crippen LogP contribution in [0, 0.1) is 12.8 Å². The molecule has 0 aromatic heterocycles. The first-order chi connectivity index (χ1) is 16.4. The minimum Gasteiger partial charge on any atom is -0.506 e. The smallest absolute Gasteiger partial charge is 0.337 e. The molecule has 0 radical (unpaired) electrons. The number of hydrogen-bond acceptors (Lipinski definition) is 4. The molecule has 3 N–H and O–H groups in total. The van der Waals surface area contributed by atoms with Gasteiger partial charge in [-0.2, -0.15) is 0 Å². The summed E-state index contributed by atoms with van der Waals surface area (Å²) in [6.07, 6.45) is 4.40. The number of phenolic OH excluding ortho intramolecular Hbond substituents is 1. The summed E-state index contributed by atoms with van der Waals surface area (Å²) in [7, 11) is 0. The fourth-order valence-corrected chi connectivity index (χ4v) is 5.03. The van der Waals surface area contributed by atoms with Gasteiger partial charge < -0.3 is 15.3 Å². The third-order valence-electron chi connectivity index (χ3n) is 5.86. The number of benzene rings is 2. The van der Waals surface area contributed by atoms with E-state index < -0.39 is 28.8 Å². The lowest BCUT2D eigenvalue weighted by Gasteiger charge is -2.24. The molecule has 4 rings (SSSR count). The van der Waals surface area contributed by atoms with Crippen LogP contribution >= 0.6 is 46.4 Å². The molecule has 1 saturated carbocycles. The Morgan fingerprint density at radius 3 is 2.09 bits per heavy atom. The predicted octanol–water partition coefficient (Wildman–Crippen LogP) is 6.90. The Hall–Kier alpha value is -2.77. The normalized spacial score (nSPS) is 17.1. The van der Waals surface area contributed by atoms with Crippen LogP contribution in [-0.4, -0.2) is 33.0 Å². The molecule has 2 aliphatic carbocycles. The van der Waals surface area contributed by atoms with E-state index >= 15 is 0 Å². The maximum absolute atomic E-state index is 12.4. The zero-order valence-electron chi connectivity index (χ0n) is 18.0. The molecule has 0 bridgehead atoms. The highest BCUT2D eigenvalue weighted by Gasteiger charge is 2.35. The molecule has 1 fully saturated rings. The Morgan fingerprint density at radius 1 is 0.886 bits per heavy atom. The van der Waals surface area contributed by atoms with Crippen molar-refractivity contribution < 1.29 is 29.7 Å². The number of aromatic carboxylic acids is 2. The highest BCUT2D eigenvalue weighted by Crippen LogP contribution is 2.49. The number of allylic oxidation sites excluding steroid dienone is 5. The molecule has 0 unspecified atom stereocenters. The maximum atomic E-state index is 12.4. The maximum Gasteiger partial charge on any atom is 0.337 e. The molecule has 180 valence electrons. The Bertz CT molecular complexity index is 1430. The van der Waals surface area contributed by atoms with Crippen LogP contribution in [0.15, 0.2) is 46.5 Å². The zero-order chi connectivity index (χ0) is 25.8. The van der Waals surface area contributed by atoms with E-state index in [1.165, 1.54) is 24.3 Å². The van der Waals surface area contributed by atoms with Crippen molar-refractivity contribution in [3.63, 3.8) is 0 Å². The standard InChI is InChI=1S/C25H16Cl4O6/c1-9-4-18(30)15(26)5-11(9)20(13-6-16(27)19(31)8-12(13)10-2-3-10)22-21(25(34)35)17(28)7-14(23(22)29)24(32)33/h4-8,10,30H,2-3H2,1H3,(H,32,33)(H,34,35)/b20-13+. The average molecular weight is 554 g/mol. The van der Waals surface area contributed by atoms with Gasteiger partial charge in [0, 0.05) is 5.56 Å². The van der Waals surface area contributed by atoms with Crippen molar-refractivity contribution in [2.24, 2.45) is 5.92 Å². The molecule has 0 amide bonds. The van der Waals surface area contributed by atoms with Crippen LogP contribution in [0.2, 0.25) is 15.1 Å². The predicted molar refractivity (Wildman–Crippen MR) is 134 cm³/mol. The number of carboxylic acids is 2. The Kier molecular flexibility index (Phi) is 6.77. The third-order valence-corrected chi connectivity index (χ3v) is 7.15. The number of carboxylic acid groups (broad SMARTS) is 2. The summed E-state index contributed by atoms with van der Waals surface area (Å²) in [6, 6.07) is 3.78. The molecule has 6 nitrogen and oxygen atoms in total. The van der Waals surface area contributed by atoms with Gasteiger partial charge in [-0.1, -0.05) is 46.4 Å². The molecule has 0 aliphatic heterocycles. The molecule has 2 aromatic rings. The Balaban J connectivity index is 2.26. The largest absolute Gasteiger partial charge is 0.506 e. The van der Waals surface area contributed by atoms with Gasteiger partial charge in [-0.25, -0.2) is 9.59 Å². The summed E-state index contributed by atoms with van der Waals surface area (Å²) in [5, 5.41) is 29.0. The second-order valence-electron chi connectivity index (χ2n) is 8.22. The summed E-state index contributed by atoms with van der Waals surface area (Å²) in [5.74, 6) is -3.44. The monoisotopic (exact) mass is 552 g/mol. The van der Waals surface area contributed by atoms with Crippen LogP contribution < -0.4 is 0 Å². The first-order valence-corrected chi connectivity index (χ1v) is 11.8. The summed E-state index contributed by atoms with van der Waals surface area (Å²) in [6.45, 7) is 1.66. The SMILES string of the molecule is Cc1cc(O)c(Cl)cc1/C(=C1/C=C(Cl)C(=O)C=C1C1CC1)c1c(Cl)c(C(=O)O)cc(Cl)c1C(=O)O. The summed E-state index contributed by atoms with van der Waals surface area (Å²) >= 11 is 25.3. The van der Waals surface area contributed by atoms with Gasteiger partial charge in [-0.3, -0.25) is 4.79 Å². The van der Waals surface area contributed by atoms with Gasteiger partial charge in [0.25, 0.3) is 0 Å². The second kappa shape index (κ2) is 9.36. The van der Waals surface area contributed by atoms with Crippen LogP contribution in [-0.2, 0) is 4.79 Å². The number of halogens is 4. The van der Waals surface area contributed by atoms with Crippen molar-refractivity contribution in [1.29, 1.82) is 0 Å². The van der Waals surface area contributed by atoms with Crippen LogP contribution in [0.25, 0.3) is 5.57 Å². The van der Waals surface area contributed by atoms with E-state index in [0.717, 1.165) is 18.9 Å². The van der Waals surface area contributed by atoms with Crippen LogP contribution in [0.3, 0.4) is 0 Å². The number of phenols is 1. The summed E-state index contributed by atoms with van der Waals surface area (Å²) in [4.78, 5) is 36.7. The van der Waals surface area contributed by atoms with Gasteiger partial charge in [-0.05, 0) is 83.9 Å². The van der Waals surface area contributed by atoms with Gasteiger partial charge in [-0.15, -0.1) is 0 Å². The van der Waals surface area contributed by atoms with Gasteiger partial charge >= 0.3 is 11.9 Å². The molecule has 0 saturated heterocycles. The summed E-state index contributed by atoms with van der Waals surface area (Å²) < 4.78 is 0. The topological polar surface area (TPSA) is 112 Å². The van der Waals surface area contributed by atoms with E-state index in [4.69, 9.17) is 46.4 Å². The number of carbonyl (C=O) groups excluding carboxylic acids is 1. The van der Waals surface area contributed by atoms with Crippen molar-refractivity contribution in [2.75, 3.05) is 0 Å². The first kappa shape index (κ1) is 25.3. The van der Waals surface area contributed by atoms with E-state index in [2.05, 4.69) is 0 Å². The molecular weight excluding hydrogens is 538 g/mol. The highest BCUT2D eigenvalue weighted by molar-refractivity contribution is 6.45. The van der Waals surface area contributed by atoms with Crippen LogP contribution in [0.4, 0.5) is 0 Å². The molecule has 2 aliphatic rings. The lowest BCUT2D eigenvalue weighted by atomic mass is 9.81. The van der Waals surface area contributed by atoms with Gasteiger partial charge in [0.2, 0.25) is 0 Å². The number of carbonyl (C=O) groups is 3. The van der Waals surface area contributed by atoms with E-state index in [1.807, 2.05) is 0 Å². The molecule has 2 aromatic carbocycles. The number of rotatable bonds is 5. The molecule has 10 heteroatoms. The summed E-state index contributed by atoms with van der Waals surface area (Å²) in [5.41, 5.74) is 1.03. The van der Waals surface area contributed by atoms with Crippen LogP contribution in [0.5, 0.6) is 5.75 Å². The third kappa shape index (κ3) is 4.59. The zero-order valence-corrected chi connectivity index (χ0v) is 21.0. The first-order valence-electron chi connectivity index (χ1n) is 10.3. The average Bonchev–Trinajstić information content (AvgIpc) is 3.61.